The Balaban J connectivity index is 1.77. The van der Waals surface area contributed by atoms with Crippen LogP contribution in [0.4, 0.5) is 0 Å². The molecule has 0 aliphatic heterocycles. The lowest BCUT2D eigenvalue weighted by molar-refractivity contribution is 0.126. The van der Waals surface area contributed by atoms with Crippen LogP contribution in [0.1, 0.15) is 0 Å². The quantitative estimate of drug-likeness (QED) is 0.484. The number of aromatic hydroxyl groups is 3. The van der Waals surface area contributed by atoms with Crippen LogP contribution in [0.15, 0.2) is 47.4 Å². The van der Waals surface area contributed by atoms with Gasteiger partial charge in [0, 0.05) is 16.7 Å². The highest BCUT2D eigenvalue weighted by molar-refractivity contribution is 7.99. The third-order valence-electron chi connectivity index (χ3n) is 2.67. The van der Waals surface area contributed by atoms with Gasteiger partial charge in [0.2, 0.25) is 0 Å². The molecule has 1 unspecified atom stereocenters. The van der Waals surface area contributed by atoms with Gasteiger partial charge in [-0.15, -0.1) is 11.8 Å². The Kier molecular flexibility index (Phi) is 5.19. The molecular formula is C15H16O5S. The number of phenols is 3. The molecule has 0 saturated carbocycles. The number of aliphatic hydroxyl groups excluding tert-OH is 1. The fraction of sp³-hybridized carbons (Fsp3) is 0.200. The summed E-state index contributed by atoms with van der Waals surface area (Å²) in [5.74, 6) is 0.537. The van der Waals surface area contributed by atoms with Gasteiger partial charge in [-0.2, -0.15) is 0 Å². The number of hydrogen-bond acceptors (Lipinski definition) is 6. The van der Waals surface area contributed by atoms with Crippen LogP contribution in [0.5, 0.6) is 23.0 Å². The molecule has 2 rings (SSSR count). The Labute approximate surface area is 126 Å². The van der Waals surface area contributed by atoms with E-state index in [1.54, 1.807) is 24.3 Å². The monoisotopic (exact) mass is 308 g/mol. The van der Waals surface area contributed by atoms with Crippen molar-refractivity contribution < 1.29 is 25.2 Å². The van der Waals surface area contributed by atoms with Crippen molar-refractivity contribution in [2.24, 2.45) is 0 Å². The Bertz CT molecular complexity index is 585. The van der Waals surface area contributed by atoms with E-state index in [4.69, 9.17) is 9.84 Å². The third kappa shape index (κ3) is 4.77. The Hall–Kier alpha value is -2.05. The van der Waals surface area contributed by atoms with Crippen molar-refractivity contribution in [2.75, 3.05) is 12.4 Å². The van der Waals surface area contributed by atoms with E-state index in [9.17, 15) is 15.3 Å². The second-order valence-corrected chi connectivity index (χ2v) is 5.51. The summed E-state index contributed by atoms with van der Waals surface area (Å²) in [4.78, 5) is 0.939. The van der Waals surface area contributed by atoms with Gasteiger partial charge in [0.1, 0.15) is 18.1 Å². The number of hydrogen-bond donors (Lipinski definition) is 4. The van der Waals surface area contributed by atoms with E-state index in [1.165, 1.54) is 30.0 Å². The molecule has 0 fully saturated rings. The first-order valence-electron chi connectivity index (χ1n) is 6.29. The zero-order valence-corrected chi connectivity index (χ0v) is 12.0. The fourth-order valence-corrected chi connectivity index (χ4v) is 2.38. The standard InChI is InChI=1S/C15H16O5S/c16-10-1-4-13(5-2-10)21-9-11(17)8-20-12-3-6-14(18)15(19)7-12/h1-7,11,16-19H,8-9H2. The summed E-state index contributed by atoms with van der Waals surface area (Å²) < 4.78 is 5.34. The van der Waals surface area contributed by atoms with Crippen molar-refractivity contribution in [3.63, 3.8) is 0 Å². The van der Waals surface area contributed by atoms with Crippen molar-refractivity contribution in [3.05, 3.63) is 42.5 Å². The predicted octanol–water partition coefficient (Wildman–Crippen LogP) is 2.34. The second kappa shape index (κ2) is 7.10. The molecular weight excluding hydrogens is 292 g/mol. The van der Waals surface area contributed by atoms with Crippen LogP contribution < -0.4 is 4.74 Å². The smallest absolute Gasteiger partial charge is 0.161 e. The first-order chi connectivity index (χ1) is 10.0. The molecule has 0 aromatic heterocycles. The Morgan fingerprint density at radius 3 is 2.33 bits per heavy atom. The van der Waals surface area contributed by atoms with Gasteiger partial charge in [-0.25, -0.2) is 0 Å². The summed E-state index contributed by atoms with van der Waals surface area (Å²) in [6.07, 6.45) is -0.681. The SMILES string of the molecule is Oc1ccc(SCC(O)COc2ccc(O)c(O)c2)cc1. The molecule has 0 bridgehead atoms. The first-order valence-corrected chi connectivity index (χ1v) is 7.28. The largest absolute Gasteiger partial charge is 0.508 e. The number of phenolic OH excluding ortho intramolecular Hbond substituents is 3. The van der Waals surface area contributed by atoms with Gasteiger partial charge in [-0.1, -0.05) is 0 Å². The molecule has 2 aromatic rings. The highest BCUT2D eigenvalue weighted by atomic mass is 32.2. The molecule has 0 radical (unpaired) electrons. The van der Waals surface area contributed by atoms with Crippen LogP contribution in [0, 0.1) is 0 Å². The Morgan fingerprint density at radius 1 is 0.952 bits per heavy atom. The van der Waals surface area contributed by atoms with Crippen molar-refractivity contribution in [2.45, 2.75) is 11.0 Å². The molecule has 112 valence electrons. The van der Waals surface area contributed by atoms with Crippen LogP contribution in [-0.2, 0) is 0 Å². The van der Waals surface area contributed by atoms with Gasteiger partial charge in [0.05, 0.1) is 6.10 Å². The zero-order valence-electron chi connectivity index (χ0n) is 11.1. The van der Waals surface area contributed by atoms with Gasteiger partial charge < -0.3 is 25.2 Å². The van der Waals surface area contributed by atoms with E-state index < -0.39 is 6.10 Å². The fourth-order valence-electron chi connectivity index (χ4n) is 1.57. The molecule has 0 amide bonds. The van der Waals surface area contributed by atoms with E-state index in [2.05, 4.69) is 0 Å². The minimum atomic E-state index is -0.681. The van der Waals surface area contributed by atoms with Gasteiger partial charge in [0.15, 0.2) is 11.5 Å². The third-order valence-corrected chi connectivity index (χ3v) is 3.83. The topological polar surface area (TPSA) is 90.2 Å². The lowest BCUT2D eigenvalue weighted by atomic mass is 10.3. The maximum Gasteiger partial charge on any atom is 0.161 e. The van der Waals surface area contributed by atoms with Crippen molar-refractivity contribution >= 4 is 11.8 Å². The van der Waals surface area contributed by atoms with Gasteiger partial charge >= 0.3 is 0 Å². The summed E-state index contributed by atoms with van der Waals surface area (Å²) in [5, 5.41) is 37.5. The summed E-state index contributed by atoms with van der Waals surface area (Å²) in [6.45, 7) is 0.0787. The minimum absolute atomic E-state index is 0.0787. The van der Waals surface area contributed by atoms with E-state index >= 15 is 0 Å². The average Bonchev–Trinajstić information content (AvgIpc) is 2.48. The molecule has 0 aliphatic rings. The summed E-state index contributed by atoms with van der Waals surface area (Å²) in [5.41, 5.74) is 0. The van der Waals surface area contributed by atoms with Crippen LogP contribution in [0.3, 0.4) is 0 Å². The second-order valence-electron chi connectivity index (χ2n) is 4.42. The molecule has 6 heteroatoms. The molecule has 2 aromatic carbocycles. The number of rotatable bonds is 6. The Morgan fingerprint density at radius 2 is 1.67 bits per heavy atom. The lowest BCUT2D eigenvalue weighted by Crippen LogP contribution is -2.19. The van der Waals surface area contributed by atoms with Crippen LogP contribution in [-0.4, -0.2) is 38.9 Å². The van der Waals surface area contributed by atoms with E-state index in [-0.39, 0.29) is 23.9 Å². The predicted molar refractivity (Wildman–Crippen MR) is 80.1 cm³/mol. The van der Waals surface area contributed by atoms with Gasteiger partial charge in [-0.05, 0) is 36.4 Å². The number of ether oxygens (including phenoxy) is 1. The molecule has 0 aliphatic carbocycles. The molecule has 1 atom stereocenters. The molecule has 0 saturated heterocycles. The van der Waals surface area contributed by atoms with Crippen molar-refractivity contribution in [3.8, 4) is 23.0 Å². The first kappa shape index (κ1) is 15.3. The maximum atomic E-state index is 9.84. The maximum absolute atomic E-state index is 9.84. The number of thioether (sulfide) groups is 1. The number of aliphatic hydroxyl groups is 1. The number of benzene rings is 2. The normalized spacial score (nSPS) is 12.0. The van der Waals surface area contributed by atoms with Crippen molar-refractivity contribution in [1.82, 2.24) is 0 Å². The van der Waals surface area contributed by atoms with Gasteiger partial charge in [0.25, 0.3) is 0 Å². The zero-order chi connectivity index (χ0) is 15.2. The van der Waals surface area contributed by atoms with E-state index in [0.717, 1.165) is 4.90 Å². The molecule has 5 nitrogen and oxygen atoms in total. The highest BCUT2D eigenvalue weighted by Gasteiger charge is 2.08. The molecule has 4 N–H and O–H groups in total. The van der Waals surface area contributed by atoms with E-state index in [1.807, 2.05) is 0 Å². The summed E-state index contributed by atoms with van der Waals surface area (Å²) in [7, 11) is 0. The lowest BCUT2D eigenvalue weighted by Gasteiger charge is -2.12. The average molecular weight is 308 g/mol. The van der Waals surface area contributed by atoms with Crippen LogP contribution in [0.25, 0.3) is 0 Å². The molecule has 21 heavy (non-hydrogen) atoms. The highest BCUT2D eigenvalue weighted by Crippen LogP contribution is 2.28. The van der Waals surface area contributed by atoms with E-state index in [0.29, 0.717) is 11.5 Å². The summed E-state index contributed by atoms with van der Waals surface area (Å²) in [6, 6.07) is 10.8. The van der Waals surface area contributed by atoms with Crippen molar-refractivity contribution in [1.29, 1.82) is 0 Å². The summed E-state index contributed by atoms with van der Waals surface area (Å²) >= 11 is 1.45. The van der Waals surface area contributed by atoms with Gasteiger partial charge in [-0.3, -0.25) is 0 Å². The minimum Gasteiger partial charge on any atom is -0.508 e. The van der Waals surface area contributed by atoms with Crippen LogP contribution >= 0.6 is 11.8 Å². The van der Waals surface area contributed by atoms with Crippen LogP contribution in [0.2, 0.25) is 0 Å². The molecule has 0 heterocycles. The molecule has 0 spiro atoms.